The van der Waals surface area contributed by atoms with Crippen molar-refractivity contribution in [3.05, 3.63) is 59.7 Å². The van der Waals surface area contributed by atoms with Gasteiger partial charge in [0, 0.05) is 42.5 Å². The second kappa shape index (κ2) is 11.9. The van der Waals surface area contributed by atoms with Gasteiger partial charge in [-0.05, 0) is 92.6 Å². The number of hydrogen-bond acceptors (Lipinski definition) is 7. The number of benzene rings is 2. The molecule has 3 atom stereocenters. The number of anilines is 1. The number of rotatable bonds is 9. The van der Waals surface area contributed by atoms with Crippen LogP contribution < -0.4 is 9.64 Å². The smallest absolute Gasteiger partial charge is 0.319 e. The predicted molar refractivity (Wildman–Crippen MR) is 175 cm³/mol. The van der Waals surface area contributed by atoms with E-state index in [1.165, 1.54) is 41.7 Å². The number of fused-ring (bicyclic) bond motifs is 4. The van der Waals surface area contributed by atoms with Crippen molar-refractivity contribution >= 4 is 22.6 Å². The Hall–Kier alpha value is -4.10. The first-order valence-electron chi connectivity index (χ1n) is 17.1. The molecule has 244 valence electrons. The number of ether oxygens (including phenoxy) is 1. The maximum Gasteiger partial charge on any atom is 0.319 e. The van der Waals surface area contributed by atoms with Crippen molar-refractivity contribution in [2.75, 3.05) is 50.8 Å². The van der Waals surface area contributed by atoms with Crippen LogP contribution in [-0.4, -0.2) is 77.6 Å². The first-order valence-corrected chi connectivity index (χ1v) is 17.1. The molecule has 47 heavy (non-hydrogen) atoms. The van der Waals surface area contributed by atoms with Gasteiger partial charge in [0.15, 0.2) is 11.6 Å². The average Bonchev–Trinajstić information content (AvgIpc) is 3.52. The second-order valence-corrected chi connectivity index (χ2v) is 14.3. The molecule has 0 spiro atoms. The standard InChI is InChI=1S/C37H40F2N6O2/c1-23(38)35(46)45-18-17-44(20-25(45)11-14-40)34-30-10-9-29(28-6-4-5-27-26-8-7-24(26)19-31(27)28)32(39)33(30)41-36(42-34)47-22-37(12-13-37)21-43-15-2-3-16-43/h4-6,9-10,24-26H,1-3,7-8,11-13,15-22H2/t24-,25+,26-/m1/s1. The van der Waals surface area contributed by atoms with Crippen molar-refractivity contribution in [3.8, 4) is 23.2 Å². The summed E-state index contributed by atoms with van der Waals surface area (Å²) in [6.07, 6.45) is 8.03. The van der Waals surface area contributed by atoms with Crippen molar-refractivity contribution in [2.45, 2.75) is 63.3 Å². The number of carbonyl (C=O) groups excluding carboxylic acids is 1. The highest BCUT2D eigenvalue weighted by Gasteiger charge is 2.45. The molecule has 5 aliphatic rings. The molecule has 3 aromatic rings. The van der Waals surface area contributed by atoms with Gasteiger partial charge in [-0.1, -0.05) is 30.8 Å². The number of piperazine rings is 1. The molecule has 2 saturated carbocycles. The molecule has 1 amide bonds. The zero-order valence-corrected chi connectivity index (χ0v) is 26.7. The summed E-state index contributed by atoms with van der Waals surface area (Å²) in [6.45, 7) is 7.58. The van der Waals surface area contributed by atoms with E-state index in [1.54, 1.807) is 0 Å². The quantitative estimate of drug-likeness (QED) is 0.260. The van der Waals surface area contributed by atoms with Crippen molar-refractivity contribution in [3.63, 3.8) is 0 Å². The van der Waals surface area contributed by atoms with Crippen molar-refractivity contribution in [2.24, 2.45) is 11.3 Å². The lowest BCUT2D eigenvalue weighted by molar-refractivity contribution is -0.131. The maximum absolute atomic E-state index is 16.9. The van der Waals surface area contributed by atoms with Crippen LogP contribution in [0.1, 0.15) is 62.0 Å². The first kappa shape index (κ1) is 30.2. The number of halogens is 2. The van der Waals surface area contributed by atoms with E-state index in [4.69, 9.17) is 14.7 Å². The van der Waals surface area contributed by atoms with Gasteiger partial charge in [0.1, 0.15) is 11.3 Å². The highest BCUT2D eigenvalue weighted by atomic mass is 19.1. The number of hydrogen-bond donors (Lipinski definition) is 0. The third-order valence-corrected chi connectivity index (χ3v) is 11.4. The molecular weight excluding hydrogens is 598 g/mol. The van der Waals surface area contributed by atoms with Crippen molar-refractivity contribution in [1.29, 1.82) is 5.26 Å². The molecule has 0 radical (unpaired) electrons. The molecule has 3 heterocycles. The topological polar surface area (TPSA) is 85.6 Å². The number of nitriles is 1. The summed E-state index contributed by atoms with van der Waals surface area (Å²) in [6, 6.07) is 11.6. The predicted octanol–water partition coefficient (Wildman–Crippen LogP) is 6.15. The van der Waals surface area contributed by atoms with Gasteiger partial charge in [-0.25, -0.2) is 8.78 Å². The van der Waals surface area contributed by atoms with Crippen LogP contribution in [-0.2, 0) is 11.2 Å². The molecule has 8 rings (SSSR count). The molecule has 4 fully saturated rings. The number of amides is 1. The number of aromatic nitrogens is 2. The number of nitrogens with zero attached hydrogens (tertiary/aromatic N) is 6. The molecule has 2 aliphatic heterocycles. The lowest BCUT2D eigenvalue weighted by Gasteiger charge is -2.41. The lowest BCUT2D eigenvalue weighted by atomic mass is 9.74. The minimum atomic E-state index is -1.05. The summed E-state index contributed by atoms with van der Waals surface area (Å²) in [5.74, 6) is -0.543. The van der Waals surface area contributed by atoms with E-state index < -0.39 is 23.6 Å². The van der Waals surface area contributed by atoms with Gasteiger partial charge in [-0.2, -0.15) is 15.2 Å². The Morgan fingerprint density at radius 2 is 1.91 bits per heavy atom. The molecule has 3 aliphatic carbocycles. The highest BCUT2D eigenvalue weighted by molar-refractivity contribution is 5.94. The van der Waals surface area contributed by atoms with E-state index in [2.05, 4.69) is 23.6 Å². The van der Waals surface area contributed by atoms with Gasteiger partial charge in [0.05, 0.1) is 25.1 Å². The van der Waals surface area contributed by atoms with E-state index in [0.717, 1.165) is 44.5 Å². The lowest BCUT2D eigenvalue weighted by Crippen LogP contribution is -2.55. The molecule has 2 aromatic carbocycles. The fourth-order valence-electron chi connectivity index (χ4n) is 8.47. The molecule has 1 aromatic heterocycles. The van der Waals surface area contributed by atoms with E-state index in [9.17, 15) is 14.4 Å². The van der Waals surface area contributed by atoms with Gasteiger partial charge in [-0.15, -0.1) is 0 Å². The van der Waals surface area contributed by atoms with Crippen LogP contribution in [0, 0.1) is 28.5 Å². The number of likely N-dealkylation sites (tertiary alicyclic amines) is 1. The normalized spacial score (nSPS) is 24.4. The average molecular weight is 639 g/mol. The molecule has 0 bridgehead atoms. The minimum absolute atomic E-state index is 0.0144. The first-order chi connectivity index (χ1) is 22.8. The van der Waals surface area contributed by atoms with E-state index in [0.29, 0.717) is 41.8 Å². The van der Waals surface area contributed by atoms with Crippen LogP contribution in [0.5, 0.6) is 6.01 Å². The third kappa shape index (κ3) is 5.42. The molecule has 10 heteroatoms. The van der Waals surface area contributed by atoms with Gasteiger partial charge in [0.2, 0.25) is 0 Å². The summed E-state index contributed by atoms with van der Waals surface area (Å²) in [4.78, 5) is 27.9. The second-order valence-electron chi connectivity index (χ2n) is 14.3. The van der Waals surface area contributed by atoms with E-state index in [1.807, 2.05) is 29.2 Å². The largest absolute Gasteiger partial charge is 0.463 e. The summed E-state index contributed by atoms with van der Waals surface area (Å²) < 4.78 is 37.1. The zero-order valence-electron chi connectivity index (χ0n) is 26.7. The SMILES string of the molecule is C=C(F)C(=O)N1CCN(c2nc(OCC3(CN4CCCC4)CC3)nc3c(F)c(-c4cccc5c4C[C@H]4CC[C@@H]54)ccc23)C[C@@H]1CC#N. The van der Waals surface area contributed by atoms with Crippen LogP contribution in [0.15, 0.2) is 42.7 Å². The monoisotopic (exact) mass is 638 g/mol. The van der Waals surface area contributed by atoms with E-state index >= 15 is 4.39 Å². The van der Waals surface area contributed by atoms with Gasteiger partial charge < -0.3 is 19.4 Å². The van der Waals surface area contributed by atoms with Crippen LogP contribution in [0.2, 0.25) is 0 Å². The summed E-state index contributed by atoms with van der Waals surface area (Å²) >= 11 is 0. The van der Waals surface area contributed by atoms with Crippen LogP contribution in [0.3, 0.4) is 0 Å². The van der Waals surface area contributed by atoms with Crippen LogP contribution >= 0.6 is 0 Å². The van der Waals surface area contributed by atoms with Gasteiger partial charge in [0.25, 0.3) is 5.91 Å². The van der Waals surface area contributed by atoms with Crippen molar-refractivity contribution < 1.29 is 18.3 Å². The molecular formula is C37H40F2N6O2. The van der Waals surface area contributed by atoms with Gasteiger partial charge >= 0.3 is 6.01 Å². The molecule has 8 nitrogen and oxygen atoms in total. The number of carbonyl (C=O) groups is 1. The maximum atomic E-state index is 16.9. The molecule has 2 saturated heterocycles. The van der Waals surface area contributed by atoms with Gasteiger partial charge in [-0.3, -0.25) is 4.79 Å². The Labute approximate surface area is 274 Å². The Bertz CT molecular complexity index is 1800. The molecule has 0 unspecified atom stereocenters. The minimum Gasteiger partial charge on any atom is -0.463 e. The van der Waals surface area contributed by atoms with Crippen LogP contribution in [0.4, 0.5) is 14.6 Å². The third-order valence-electron chi connectivity index (χ3n) is 11.4. The fourth-order valence-corrected chi connectivity index (χ4v) is 8.47. The van der Waals surface area contributed by atoms with E-state index in [-0.39, 0.29) is 36.5 Å². The molecule has 0 N–H and O–H groups in total. The summed E-state index contributed by atoms with van der Waals surface area (Å²) in [5, 5.41) is 10.1. The van der Waals surface area contributed by atoms with Crippen LogP contribution in [0.25, 0.3) is 22.0 Å². The zero-order chi connectivity index (χ0) is 32.3. The Morgan fingerprint density at radius 3 is 2.64 bits per heavy atom. The van der Waals surface area contributed by atoms with Crippen molar-refractivity contribution in [1.82, 2.24) is 19.8 Å². The summed E-state index contributed by atoms with van der Waals surface area (Å²) in [7, 11) is 0. The fraction of sp³-hybridized carbons (Fsp3) is 0.514. The Balaban J connectivity index is 1.17. The Morgan fingerprint density at radius 1 is 1.09 bits per heavy atom. The highest BCUT2D eigenvalue weighted by Crippen LogP contribution is 2.53. The Kier molecular flexibility index (Phi) is 7.63. The summed E-state index contributed by atoms with van der Waals surface area (Å²) in [5.41, 5.74) is 4.30.